The summed E-state index contributed by atoms with van der Waals surface area (Å²) in [4.78, 5) is 25.2. The Hall–Kier alpha value is -2.47. The smallest absolute Gasteiger partial charge is 0.289 e. The van der Waals surface area contributed by atoms with Gasteiger partial charge >= 0.3 is 0 Å². The molecule has 1 aromatic carbocycles. The number of benzene rings is 1. The van der Waals surface area contributed by atoms with Gasteiger partial charge in [-0.25, -0.2) is 8.42 Å². The van der Waals surface area contributed by atoms with Crippen LogP contribution in [0.3, 0.4) is 0 Å². The van der Waals surface area contributed by atoms with Crippen LogP contribution in [0.1, 0.15) is 25.0 Å². The van der Waals surface area contributed by atoms with Crippen molar-refractivity contribution in [3.05, 3.63) is 57.4 Å². The summed E-state index contributed by atoms with van der Waals surface area (Å²) in [5.41, 5.74) is 0.432. The number of aromatic nitrogens is 1. The molecule has 0 unspecified atom stereocenters. The van der Waals surface area contributed by atoms with Crippen LogP contribution in [0.15, 0.2) is 41.4 Å². The van der Waals surface area contributed by atoms with Crippen LogP contribution in [-0.2, 0) is 33.1 Å². The summed E-state index contributed by atoms with van der Waals surface area (Å²) < 4.78 is 34.8. The molecule has 0 saturated heterocycles. The Kier molecular flexibility index (Phi) is 8.11. The maximum Gasteiger partial charge on any atom is 0.289 e. The van der Waals surface area contributed by atoms with E-state index in [1.807, 2.05) is 29.9 Å². The SMILES string of the molecule is COCCCN(CC(=O)N(Cc1cccn1C)C1CC1)S(=O)(=O)c1ccc(Cl)c([N+](=O)[O-])c1. The number of methoxy groups -OCH3 is 1. The highest BCUT2D eigenvalue weighted by molar-refractivity contribution is 7.89. The van der Waals surface area contributed by atoms with E-state index in [-0.39, 0.29) is 35.0 Å². The summed E-state index contributed by atoms with van der Waals surface area (Å²) in [6.07, 6.45) is 3.99. The number of carbonyl (C=O) groups is 1. The molecular weight excluding hydrogens is 472 g/mol. The first-order chi connectivity index (χ1) is 15.6. The van der Waals surface area contributed by atoms with Gasteiger partial charge in [-0.15, -0.1) is 0 Å². The number of sulfonamides is 1. The summed E-state index contributed by atoms with van der Waals surface area (Å²) in [6, 6.07) is 7.19. The number of rotatable bonds is 12. The molecule has 2 aromatic rings. The number of nitro benzene ring substituents is 1. The van der Waals surface area contributed by atoms with E-state index in [2.05, 4.69) is 0 Å². The summed E-state index contributed by atoms with van der Waals surface area (Å²) in [7, 11) is -0.806. The van der Waals surface area contributed by atoms with Crippen molar-refractivity contribution in [3.8, 4) is 0 Å². The fourth-order valence-electron chi connectivity index (χ4n) is 3.50. The van der Waals surface area contributed by atoms with Gasteiger partial charge in [0.1, 0.15) is 5.02 Å². The van der Waals surface area contributed by atoms with Crippen LogP contribution in [0, 0.1) is 10.1 Å². The van der Waals surface area contributed by atoms with Crippen LogP contribution in [0.2, 0.25) is 5.02 Å². The van der Waals surface area contributed by atoms with Gasteiger partial charge in [-0.1, -0.05) is 11.6 Å². The number of hydrogen-bond donors (Lipinski definition) is 0. The van der Waals surface area contributed by atoms with Crippen LogP contribution >= 0.6 is 11.6 Å². The fourth-order valence-corrected chi connectivity index (χ4v) is 5.13. The van der Waals surface area contributed by atoms with E-state index in [1.165, 1.54) is 19.2 Å². The molecule has 0 aliphatic heterocycles. The van der Waals surface area contributed by atoms with Crippen LogP contribution in [0.5, 0.6) is 0 Å². The lowest BCUT2D eigenvalue weighted by atomic mass is 10.3. The van der Waals surface area contributed by atoms with E-state index in [9.17, 15) is 23.3 Å². The molecule has 3 rings (SSSR count). The largest absolute Gasteiger partial charge is 0.385 e. The third kappa shape index (κ3) is 6.11. The number of amides is 1. The molecule has 1 heterocycles. The molecule has 1 aliphatic carbocycles. The topological polar surface area (TPSA) is 115 Å². The van der Waals surface area contributed by atoms with Crippen molar-refractivity contribution in [2.24, 2.45) is 7.05 Å². The highest BCUT2D eigenvalue weighted by Gasteiger charge is 2.36. The van der Waals surface area contributed by atoms with E-state index in [0.29, 0.717) is 19.6 Å². The standard InChI is InChI=1S/C21H27ClN4O6S/c1-23-10-3-5-17(23)14-25(16-6-7-16)21(27)15-24(11-4-12-32-2)33(30,31)18-8-9-19(22)20(13-18)26(28)29/h3,5,8-10,13,16H,4,6-7,11-12,14-15H2,1-2H3. The van der Waals surface area contributed by atoms with Crippen molar-refractivity contribution in [1.82, 2.24) is 13.8 Å². The number of nitrogens with zero attached hydrogens (tertiary/aromatic N) is 4. The Morgan fingerprint density at radius 2 is 2.06 bits per heavy atom. The average Bonchev–Trinajstić information content (AvgIpc) is 3.52. The van der Waals surface area contributed by atoms with Crippen LogP contribution in [0.4, 0.5) is 5.69 Å². The van der Waals surface area contributed by atoms with Gasteiger partial charge in [0.15, 0.2) is 0 Å². The number of halogens is 1. The molecule has 1 aliphatic rings. The highest BCUT2D eigenvalue weighted by Crippen LogP contribution is 2.31. The fraction of sp³-hybridized carbons (Fsp3) is 0.476. The maximum absolute atomic E-state index is 13.4. The van der Waals surface area contributed by atoms with Crippen LogP contribution in [-0.4, -0.2) is 65.9 Å². The highest BCUT2D eigenvalue weighted by atomic mass is 35.5. The molecule has 0 N–H and O–H groups in total. The quantitative estimate of drug-likeness (QED) is 0.252. The van der Waals surface area contributed by atoms with Gasteiger partial charge in [0.25, 0.3) is 5.69 Å². The third-order valence-corrected chi connectivity index (χ3v) is 7.67. The Morgan fingerprint density at radius 1 is 1.33 bits per heavy atom. The summed E-state index contributed by atoms with van der Waals surface area (Å²) in [5.74, 6) is -0.317. The van der Waals surface area contributed by atoms with E-state index in [4.69, 9.17) is 16.3 Å². The molecule has 0 spiro atoms. The molecule has 0 atom stereocenters. The lowest BCUT2D eigenvalue weighted by Gasteiger charge is -2.27. The van der Waals surface area contributed by atoms with Gasteiger partial charge in [0.05, 0.1) is 22.9 Å². The van der Waals surface area contributed by atoms with E-state index in [0.717, 1.165) is 28.9 Å². The number of hydrogen-bond acceptors (Lipinski definition) is 6. The van der Waals surface area contributed by atoms with E-state index in [1.54, 1.807) is 4.90 Å². The minimum atomic E-state index is -4.20. The molecule has 0 bridgehead atoms. The van der Waals surface area contributed by atoms with Gasteiger partial charge in [-0.3, -0.25) is 14.9 Å². The number of ether oxygens (including phenoxy) is 1. The lowest BCUT2D eigenvalue weighted by molar-refractivity contribution is -0.384. The molecule has 1 aromatic heterocycles. The first kappa shape index (κ1) is 25.2. The second kappa shape index (κ2) is 10.6. The normalized spacial score (nSPS) is 13.9. The van der Waals surface area contributed by atoms with Gasteiger partial charge in [-0.05, 0) is 43.5 Å². The van der Waals surface area contributed by atoms with Gasteiger partial charge < -0.3 is 14.2 Å². The van der Waals surface area contributed by atoms with Crippen LogP contribution < -0.4 is 0 Å². The van der Waals surface area contributed by atoms with Crippen molar-refractivity contribution in [2.45, 2.75) is 36.7 Å². The first-order valence-corrected chi connectivity index (χ1v) is 12.3. The summed E-state index contributed by atoms with van der Waals surface area (Å²) >= 11 is 5.84. The Bertz CT molecular complexity index is 1120. The predicted molar refractivity (Wildman–Crippen MR) is 122 cm³/mol. The molecule has 12 heteroatoms. The van der Waals surface area contributed by atoms with Crippen molar-refractivity contribution < 1.29 is 22.9 Å². The maximum atomic E-state index is 13.4. The molecule has 1 saturated carbocycles. The first-order valence-electron chi connectivity index (χ1n) is 10.5. The molecule has 10 nitrogen and oxygen atoms in total. The average molecular weight is 499 g/mol. The van der Waals surface area contributed by atoms with Crippen molar-refractivity contribution in [2.75, 3.05) is 26.8 Å². The number of nitro groups is 1. The molecular formula is C21H27ClN4O6S. The monoisotopic (exact) mass is 498 g/mol. The molecule has 0 radical (unpaired) electrons. The number of aryl methyl sites for hydroxylation is 1. The third-order valence-electron chi connectivity index (χ3n) is 5.51. The second-order valence-electron chi connectivity index (χ2n) is 7.92. The van der Waals surface area contributed by atoms with Gasteiger partial charge in [0.2, 0.25) is 15.9 Å². The van der Waals surface area contributed by atoms with Crippen LogP contribution in [0.25, 0.3) is 0 Å². The Labute approximate surface area is 197 Å². The minimum absolute atomic E-state index is 0.0288. The number of carbonyl (C=O) groups excluding carboxylic acids is 1. The second-order valence-corrected chi connectivity index (χ2v) is 10.3. The minimum Gasteiger partial charge on any atom is -0.385 e. The van der Waals surface area contributed by atoms with Crippen molar-refractivity contribution >= 4 is 33.2 Å². The zero-order chi connectivity index (χ0) is 24.2. The van der Waals surface area contributed by atoms with E-state index >= 15 is 0 Å². The zero-order valence-corrected chi connectivity index (χ0v) is 20.1. The Morgan fingerprint density at radius 3 is 2.64 bits per heavy atom. The van der Waals surface area contributed by atoms with Crippen molar-refractivity contribution in [1.29, 1.82) is 0 Å². The van der Waals surface area contributed by atoms with E-state index < -0.39 is 20.6 Å². The molecule has 180 valence electrons. The Balaban J connectivity index is 1.86. The van der Waals surface area contributed by atoms with Gasteiger partial charge in [-0.2, -0.15) is 4.31 Å². The lowest BCUT2D eigenvalue weighted by Crippen LogP contribution is -2.44. The summed E-state index contributed by atoms with van der Waals surface area (Å²) in [6.45, 7) is 0.340. The predicted octanol–water partition coefficient (Wildman–Crippen LogP) is 2.81. The molecule has 1 fully saturated rings. The molecule has 1 amide bonds. The summed E-state index contributed by atoms with van der Waals surface area (Å²) in [5, 5.41) is 11.1. The zero-order valence-electron chi connectivity index (χ0n) is 18.5. The van der Waals surface area contributed by atoms with Gasteiger partial charge in [0, 0.05) is 51.3 Å². The molecule has 33 heavy (non-hydrogen) atoms. The van der Waals surface area contributed by atoms with Crippen molar-refractivity contribution in [3.63, 3.8) is 0 Å².